The molecular formula is C31H36N2O6. The van der Waals surface area contributed by atoms with Crippen molar-refractivity contribution in [2.75, 3.05) is 25.1 Å². The number of amides is 2. The topological polar surface area (TPSA) is 114 Å². The van der Waals surface area contributed by atoms with Gasteiger partial charge in [-0.1, -0.05) is 67.9 Å². The highest BCUT2D eigenvalue weighted by Gasteiger charge is 2.35. The average molecular weight is 533 g/mol. The third-order valence-corrected chi connectivity index (χ3v) is 6.25. The molecule has 3 rings (SSSR count). The van der Waals surface area contributed by atoms with Gasteiger partial charge in [0.25, 0.3) is 5.91 Å². The molecule has 8 heteroatoms. The standard InChI is InChI=1S/C31H36N2O6/c1-4-5-18-39-30(37)33-31(3,21-34)29(36)32-26-15-16-28(27(20-26)22(2)35)38-19-17-23-11-13-25(14-12-23)24-9-7-6-8-10-24/h6-16,20,34H,4-5,17-19,21H2,1-3H3,(H,32,36)(H,33,37)/t31-/m0/s1. The fourth-order valence-corrected chi connectivity index (χ4v) is 3.79. The second kappa shape index (κ2) is 14.1. The van der Waals surface area contributed by atoms with E-state index in [4.69, 9.17) is 9.47 Å². The Hall–Kier alpha value is -4.17. The molecule has 39 heavy (non-hydrogen) atoms. The number of unbranched alkanes of at least 4 members (excludes halogenated alkanes) is 1. The third-order valence-electron chi connectivity index (χ3n) is 6.25. The minimum absolute atomic E-state index is 0.216. The van der Waals surface area contributed by atoms with Gasteiger partial charge < -0.3 is 25.2 Å². The molecule has 0 aliphatic heterocycles. The SMILES string of the molecule is CCCCOC(=O)N[C@@](C)(CO)C(=O)Nc1ccc(OCCc2ccc(-c3ccccc3)cc2)c(C(C)=O)c1. The maximum Gasteiger partial charge on any atom is 0.408 e. The van der Waals surface area contributed by atoms with Gasteiger partial charge in [-0.3, -0.25) is 9.59 Å². The van der Waals surface area contributed by atoms with E-state index in [0.29, 0.717) is 36.4 Å². The van der Waals surface area contributed by atoms with Crippen molar-refractivity contribution >= 4 is 23.5 Å². The number of aliphatic hydroxyl groups is 1. The van der Waals surface area contributed by atoms with E-state index in [-0.39, 0.29) is 12.4 Å². The molecule has 3 aromatic carbocycles. The van der Waals surface area contributed by atoms with Crippen molar-refractivity contribution in [1.82, 2.24) is 5.32 Å². The molecule has 0 aliphatic carbocycles. The fourth-order valence-electron chi connectivity index (χ4n) is 3.79. The number of rotatable bonds is 13. The summed E-state index contributed by atoms with van der Waals surface area (Å²) in [6, 6.07) is 23.1. The van der Waals surface area contributed by atoms with Gasteiger partial charge in [0, 0.05) is 12.1 Å². The van der Waals surface area contributed by atoms with Crippen LogP contribution in [0.3, 0.4) is 0 Å². The second-order valence-corrected chi connectivity index (χ2v) is 9.49. The smallest absolute Gasteiger partial charge is 0.408 e. The molecule has 0 heterocycles. The van der Waals surface area contributed by atoms with Gasteiger partial charge in [-0.05, 0) is 55.2 Å². The van der Waals surface area contributed by atoms with Crippen molar-refractivity contribution in [2.24, 2.45) is 0 Å². The number of aliphatic hydroxyl groups excluding tert-OH is 1. The predicted octanol–water partition coefficient (Wildman–Crippen LogP) is 5.39. The largest absolute Gasteiger partial charge is 0.492 e. The van der Waals surface area contributed by atoms with Gasteiger partial charge in [0.15, 0.2) is 5.78 Å². The van der Waals surface area contributed by atoms with Crippen LogP contribution in [0.1, 0.15) is 49.5 Å². The summed E-state index contributed by atoms with van der Waals surface area (Å²) in [7, 11) is 0. The lowest BCUT2D eigenvalue weighted by Gasteiger charge is -2.27. The van der Waals surface area contributed by atoms with E-state index in [2.05, 4.69) is 47.0 Å². The predicted molar refractivity (Wildman–Crippen MR) is 151 cm³/mol. The zero-order valence-electron chi connectivity index (χ0n) is 22.7. The molecule has 2 amide bonds. The number of ether oxygens (including phenoxy) is 2. The van der Waals surface area contributed by atoms with Gasteiger partial charge >= 0.3 is 6.09 Å². The molecule has 0 aromatic heterocycles. The van der Waals surface area contributed by atoms with Gasteiger partial charge in [-0.2, -0.15) is 0 Å². The van der Waals surface area contributed by atoms with Crippen molar-refractivity contribution < 1.29 is 29.0 Å². The number of alkyl carbamates (subject to hydrolysis) is 1. The average Bonchev–Trinajstić information content (AvgIpc) is 2.94. The molecule has 3 aromatic rings. The van der Waals surface area contributed by atoms with Crippen LogP contribution in [-0.2, 0) is 16.0 Å². The van der Waals surface area contributed by atoms with Gasteiger partial charge in [-0.25, -0.2) is 4.79 Å². The molecular weight excluding hydrogens is 496 g/mol. The summed E-state index contributed by atoms with van der Waals surface area (Å²) in [6.07, 6.45) is 1.40. The lowest BCUT2D eigenvalue weighted by Crippen LogP contribution is -2.57. The van der Waals surface area contributed by atoms with Crippen molar-refractivity contribution in [1.29, 1.82) is 0 Å². The summed E-state index contributed by atoms with van der Waals surface area (Å²) in [6.45, 7) is 4.70. The van der Waals surface area contributed by atoms with Crippen molar-refractivity contribution in [3.63, 3.8) is 0 Å². The number of hydrogen-bond acceptors (Lipinski definition) is 6. The van der Waals surface area contributed by atoms with Crippen LogP contribution < -0.4 is 15.4 Å². The van der Waals surface area contributed by atoms with E-state index in [9.17, 15) is 19.5 Å². The highest BCUT2D eigenvalue weighted by Crippen LogP contribution is 2.25. The van der Waals surface area contributed by atoms with Crippen molar-refractivity contribution in [3.8, 4) is 16.9 Å². The Morgan fingerprint density at radius 1 is 0.923 bits per heavy atom. The molecule has 0 aliphatic rings. The third kappa shape index (κ3) is 8.41. The number of carbonyl (C=O) groups excluding carboxylic acids is 3. The number of benzene rings is 3. The van der Waals surface area contributed by atoms with Crippen molar-refractivity contribution in [3.05, 3.63) is 83.9 Å². The van der Waals surface area contributed by atoms with Crippen LogP contribution in [-0.4, -0.2) is 48.2 Å². The Balaban J connectivity index is 1.61. The van der Waals surface area contributed by atoms with E-state index < -0.39 is 24.1 Å². The Bertz CT molecular complexity index is 1260. The molecule has 0 unspecified atom stereocenters. The molecule has 8 nitrogen and oxygen atoms in total. The molecule has 0 saturated heterocycles. The number of Topliss-reactive ketones (excluding diaryl/α,β-unsaturated/α-hetero) is 1. The Kier molecular flexibility index (Phi) is 10.6. The summed E-state index contributed by atoms with van der Waals surface area (Å²) < 4.78 is 11.0. The van der Waals surface area contributed by atoms with E-state index in [1.165, 1.54) is 19.9 Å². The van der Waals surface area contributed by atoms with Gasteiger partial charge in [0.05, 0.1) is 25.4 Å². The van der Waals surface area contributed by atoms with Crippen LogP contribution in [0.4, 0.5) is 10.5 Å². The van der Waals surface area contributed by atoms with E-state index in [0.717, 1.165) is 23.1 Å². The van der Waals surface area contributed by atoms with E-state index in [1.807, 2.05) is 25.1 Å². The highest BCUT2D eigenvalue weighted by atomic mass is 16.5. The lowest BCUT2D eigenvalue weighted by atomic mass is 10.0. The van der Waals surface area contributed by atoms with Crippen LogP contribution in [0, 0.1) is 0 Å². The normalized spacial score (nSPS) is 12.2. The molecule has 206 valence electrons. The maximum absolute atomic E-state index is 12.9. The van der Waals surface area contributed by atoms with E-state index >= 15 is 0 Å². The maximum atomic E-state index is 12.9. The van der Waals surface area contributed by atoms with Gasteiger partial charge in [-0.15, -0.1) is 0 Å². The van der Waals surface area contributed by atoms with Crippen LogP contribution in [0.5, 0.6) is 5.75 Å². The first-order valence-electron chi connectivity index (χ1n) is 13.0. The zero-order valence-corrected chi connectivity index (χ0v) is 22.7. The summed E-state index contributed by atoms with van der Waals surface area (Å²) in [5, 5.41) is 14.9. The van der Waals surface area contributed by atoms with E-state index in [1.54, 1.807) is 12.1 Å². The van der Waals surface area contributed by atoms with Crippen LogP contribution in [0.15, 0.2) is 72.8 Å². The van der Waals surface area contributed by atoms with Crippen LogP contribution in [0.2, 0.25) is 0 Å². The van der Waals surface area contributed by atoms with Crippen LogP contribution >= 0.6 is 0 Å². The quantitative estimate of drug-likeness (QED) is 0.201. The molecule has 1 atom stereocenters. The molecule has 0 spiro atoms. The zero-order chi connectivity index (χ0) is 28.3. The lowest BCUT2D eigenvalue weighted by molar-refractivity contribution is -0.123. The number of carbonyl (C=O) groups is 3. The van der Waals surface area contributed by atoms with Crippen LogP contribution in [0.25, 0.3) is 11.1 Å². The number of hydrogen-bond donors (Lipinski definition) is 3. The first-order valence-corrected chi connectivity index (χ1v) is 13.0. The van der Waals surface area contributed by atoms with Gasteiger partial charge in [0.1, 0.15) is 11.3 Å². The molecule has 0 radical (unpaired) electrons. The Morgan fingerprint density at radius 3 is 2.26 bits per heavy atom. The summed E-state index contributed by atoms with van der Waals surface area (Å²) in [5.74, 6) is -0.473. The van der Waals surface area contributed by atoms with Gasteiger partial charge in [0.2, 0.25) is 0 Å². The number of ketones is 1. The molecule has 0 fully saturated rings. The minimum Gasteiger partial charge on any atom is -0.492 e. The first-order chi connectivity index (χ1) is 18.8. The summed E-state index contributed by atoms with van der Waals surface area (Å²) in [5.41, 5.74) is 2.41. The summed E-state index contributed by atoms with van der Waals surface area (Å²) in [4.78, 5) is 37.2. The monoisotopic (exact) mass is 532 g/mol. The molecule has 0 bridgehead atoms. The summed E-state index contributed by atoms with van der Waals surface area (Å²) >= 11 is 0. The molecule has 3 N–H and O–H groups in total. The Morgan fingerprint density at radius 2 is 1.62 bits per heavy atom. The fraction of sp³-hybridized carbons (Fsp3) is 0.323. The Labute approximate surface area is 229 Å². The molecule has 0 saturated carbocycles. The minimum atomic E-state index is -1.62. The first kappa shape index (κ1) is 29.4. The second-order valence-electron chi connectivity index (χ2n) is 9.49. The number of nitrogens with one attached hydrogen (secondary N) is 2. The highest BCUT2D eigenvalue weighted by molar-refractivity contribution is 6.02. The number of anilines is 1. The van der Waals surface area contributed by atoms with Crippen molar-refractivity contribution in [2.45, 2.75) is 45.6 Å².